The van der Waals surface area contributed by atoms with Crippen molar-refractivity contribution in [3.8, 4) is 0 Å². The highest BCUT2D eigenvalue weighted by Crippen LogP contribution is 2.32. The number of aromatic nitrogens is 4. The number of esters is 1. The van der Waals surface area contributed by atoms with Crippen molar-refractivity contribution in [3.63, 3.8) is 0 Å². The number of imidazole rings is 1. The average molecular weight is 379 g/mol. The quantitative estimate of drug-likeness (QED) is 0.532. The Labute approximate surface area is 159 Å². The predicted molar refractivity (Wildman–Crippen MR) is 104 cm³/mol. The summed E-state index contributed by atoms with van der Waals surface area (Å²) in [6.07, 6.45) is 1.41. The monoisotopic (exact) mass is 379 g/mol. The topological polar surface area (TPSA) is 95.9 Å². The number of fused-ring (bicyclic) bond motifs is 2. The van der Waals surface area contributed by atoms with E-state index in [0.29, 0.717) is 23.5 Å². The molecular formula is C19H17N5O2S. The zero-order valence-corrected chi connectivity index (χ0v) is 15.4. The van der Waals surface area contributed by atoms with Crippen molar-refractivity contribution >= 4 is 45.5 Å². The summed E-state index contributed by atoms with van der Waals surface area (Å²) in [4.78, 5) is 25.1. The van der Waals surface area contributed by atoms with Crippen LogP contribution in [0.1, 0.15) is 6.92 Å². The molecule has 0 aliphatic heterocycles. The largest absolute Gasteiger partial charge is 0.464 e. The number of carbonyl (C=O) groups is 1. The fraction of sp³-hybridized carbons (Fsp3) is 0.158. The zero-order valence-electron chi connectivity index (χ0n) is 14.6. The molecular weight excluding hydrogens is 362 g/mol. The van der Waals surface area contributed by atoms with Crippen LogP contribution < -0.4 is 5.73 Å². The van der Waals surface area contributed by atoms with Crippen LogP contribution >= 0.6 is 11.8 Å². The Balaban J connectivity index is 1.72. The molecule has 0 atom stereocenters. The molecule has 4 aromatic rings. The Morgan fingerprint density at radius 1 is 1.19 bits per heavy atom. The molecule has 8 heteroatoms. The van der Waals surface area contributed by atoms with E-state index in [1.165, 1.54) is 30.4 Å². The van der Waals surface area contributed by atoms with Crippen molar-refractivity contribution < 1.29 is 9.53 Å². The summed E-state index contributed by atoms with van der Waals surface area (Å²) < 4.78 is 6.98. The van der Waals surface area contributed by atoms with E-state index < -0.39 is 0 Å². The SMILES string of the molecule is CC(=O)OCCn1c(Sc2ccc3ccccc3c2)nc2c(N)ncnc21. The molecule has 4 rings (SSSR count). The van der Waals surface area contributed by atoms with E-state index in [1.54, 1.807) is 0 Å². The summed E-state index contributed by atoms with van der Waals surface area (Å²) >= 11 is 1.51. The minimum absolute atomic E-state index is 0.232. The molecule has 0 saturated carbocycles. The third kappa shape index (κ3) is 3.56. The molecule has 27 heavy (non-hydrogen) atoms. The van der Waals surface area contributed by atoms with Crippen LogP contribution in [-0.2, 0) is 16.1 Å². The molecule has 0 radical (unpaired) electrons. The summed E-state index contributed by atoms with van der Waals surface area (Å²) in [7, 11) is 0. The fourth-order valence-electron chi connectivity index (χ4n) is 2.83. The van der Waals surface area contributed by atoms with Crippen molar-refractivity contribution in [1.29, 1.82) is 0 Å². The molecule has 0 spiro atoms. The van der Waals surface area contributed by atoms with E-state index >= 15 is 0 Å². The maximum Gasteiger partial charge on any atom is 0.302 e. The van der Waals surface area contributed by atoms with Gasteiger partial charge in [0.1, 0.15) is 12.9 Å². The second-order valence-corrected chi connectivity index (χ2v) is 6.97. The van der Waals surface area contributed by atoms with E-state index in [-0.39, 0.29) is 12.6 Å². The lowest BCUT2D eigenvalue weighted by Crippen LogP contribution is -2.10. The van der Waals surface area contributed by atoms with Gasteiger partial charge in [0.15, 0.2) is 22.1 Å². The van der Waals surface area contributed by atoms with Gasteiger partial charge in [-0.15, -0.1) is 0 Å². The number of nitrogens with two attached hydrogens (primary N) is 1. The maximum atomic E-state index is 11.1. The molecule has 7 nitrogen and oxygen atoms in total. The van der Waals surface area contributed by atoms with Gasteiger partial charge >= 0.3 is 5.97 Å². The molecule has 0 saturated heterocycles. The normalized spacial score (nSPS) is 11.1. The number of ether oxygens (including phenoxy) is 1. The fourth-order valence-corrected chi connectivity index (χ4v) is 3.79. The Bertz CT molecular complexity index is 1140. The van der Waals surface area contributed by atoms with Crippen molar-refractivity contribution in [3.05, 3.63) is 48.8 Å². The first-order valence-electron chi connectivity index (χ1n) is 8.38. The van der Waals surface area contributed by atoms with Crippen molar-refractivity contribution in [2.45, 2.75) is 23.5 Å². The third-order valence-corrected chi connectivity index (χ3v) is 5.06. The summed E-state index contributed by atoms with van der Waals surface area (Å²) in [5, 5.41) is 3.06. The Hall–Kier alpha value is -3.13. The Kier molecular flexibility index (Phi) is 4.64. The summed E-state index contributed by atoms with van der Waals surface area (Å²) in [5.41, 5.74) is 7.13. The average Bonchev–Trinajstić information content (AvgIpc) is 3.00. The van der Waals surface area contributed by atoms with Gasteiger partial charge < -0.3 is 10.5 Å². The molecule has 0 bridgehead atoms. The van der Waals surface area contributed by atoms with Crippen LogP contribution in [0.2, 0.25) is 0 Å². The molecule has 2 heterocycles. The zero-order chi connectivity index (χ0) is 18.8. The molecule has 0 fully saturated rings. The molecule has 2 aromatic heterocycles. The second-order valence-electron chi connectivity index (χ2n) is 5.93. The van der Waals surface area contributed by atoms with Gasteiger partial charge in [-0.3, -0.25) is 9.36 Å². The molecule has 2 N–H and O–H groups in total. The Morgan fingerprint density at radius 2 is 2.00 bits per heavy atom. The standard InChI is InChI=1S/C19H17N5O2S/c1-12(25)26-9-8-24-18-16(17(20)21-11-22-18)23-19(24)27-15-7-6-13-4-2-3-5-14(13)10-15/h2-7,10-11H,8-9H2,1H3,(H2,20,21,22). The third-order valence-electron chi connectivity index (χ3n) is 4.08. The number of hydrogen-bond acceptors (Lipinski definition) is 7. The second kappa shape index (κ2) is 7.24. The van der Waals surface area contributed by atoms with Crippen LogP contribution in [0.3, 0.4) is 0 Å². The highest BCUT2D eigenvalue weighted by atomic mass is 32.2. The van der Waals surface area contributed by atoms with Crippen molar-refractivity contribution in [2.24, 2.45) is 0 Å². The molecule has 0 aliphatic carbocycles. The molecule has 2 aromatic carbocycles. The van der Waals surface area contributed by atoms with E-state index in [9.17, 15) is 4.79 Å². The maximum absolute atomic E-state index is 11.1. The van der Waals surface area contributed by atoms with Gasteiger partial charge in [0.2, 0.25) is 0 Å². The number of hydrogen-bond donors (Lipinski definition) is 1. The van der Waals surface area contributed by atoms with Crippen molar-refractivity contribution in [2.75, 3.05) is 12.3 Å². The predicted octanol–water partition coefficient (Wildman–Crippen LogP) is 3.28. The van der Waals surface area contributed by atoms with Crippen LogP contribution in [-0.4, -0.2) is 32.1 Å². The van der Waals surface area contributed by atoms with Crippen LogP contribution in [0.5, 0.6) is 0 Å². The number of nitrogens with zero attached hydrogens (tertiary/aromatic N) is 4. The van der Waals surface area contributed by atoms with Crippen LogP contribution in [0.15, 0.2) is 58.8 Å². The van der Waals surface area contributed by atoms with Gasteiger partial charge in [-0.1, -0.05) is 42.1 Å². The van der Waals surface area contributed by atoms with E-state index in [4.69, 9.17) is 10.5 Å². The van der Waals surface area contributed by atoms with Gasteiger partial charge in [0.25, 0.3) is 0 Å². The summed E-state index contributed by atoms with van der Waals surface area (Å²) in [5.74, 6) is 0.00360. The van der Waals surface area contributed by atoms with E-state index in [1.807, 2.05) is 16.7 Å². The lowest BCUT2D eigenvalue weighted by Gasteiger charge is -2.09. The number of anilines is 1. The van der Waals surface area contributed by atoms with Crippen LogP contribution in [0, 0.1) is 0 Å². The van der Waals surface area contributed by atoms with Crippen LogP contribution in [0.25, 0.3) is 21.9 Å². The number of benzene rings is 2. The Morgan fingerprint density at radius 3 is 2.81 bits per heavy atom. The highest BCUT2D eigenvalue weighted by Gasteiger charge is 2.16. The van der Waals surface area contributed by atoms with Gasteiger partial charge in [-0.25, -0.2) is 15.0 Å². The first-order chi connectivity index (χ1) is 13.1. The van der Waals surface area contributed by atoms with Gasteiger partial charge in [0, 0.05) is 11.8 Å². The van der Waals surface area contributed by atoms with Crippen molar-refractivity contribution in [1.82, 2.24) is 19.5 Å². The number of nitrogen functional groups attached to an aromatic ring is 1. The number of carbonyl (C=O) groups excluding carboxylic acids is 1. The molecule has 0 amide bonds. The van der Waals surface area contributed by atoms with Gasteiger partial charge in [0.05, 0.1) is 6.54 Å². The van der Waals surface area contributed by atoms with E-state index in [2.05, 4.69) is 45.3 Å². The lowest BCUT2D eigenvalue weighted by atomic mass is 10.1. The highest BCUT2D eigenvalue weighted by molar-refractivity contribution is 7.99. The lowest BCUT2D eigenvalue weighted by molar-refractivity contribution is -0.141. The minimum Gasteiger partial charge on any atom is -0.464 e. The van der Waals surface area contributed by atoms with E-state index in [0.717, 1.165) is 15.4 Å². The first kappa shape index (κ1) is 17.3. The summed E-state index contributed by atoms with van der Waals surface area (Å²) in [6, 6.07) is 14.4. The molecule has 0 aliphatic rings. The molecule has 136 valence electrons. The van der Waals surface area contributed by atoms with Gasteiger partial charge in [-0.05, 0) is 22.9 Å². The molecule has 0 unspecified atom stereocenters. The summed E-state index contributed by atoms with van der Waals surface area (Å²) in [6.45, 7) is 2.05. The smallest absolute Gasteiger partial charge is 0.302 e. The minimum atomic E-state index is -0.322. The number of rotatable bonds is 5. The van der Waals surface area contributed by atoms with Gasteiger partial charge in [-0.2, -0.15) is 0 Å². The van der Waals surface area contributed by atoms with Crippen LogP contribution in [0.4, 0.5) is 5.82 Å². The first-order valence-corrected chi connectivity index (χ1v) is 9.20.